The number of aliphatic hydroxyl groups excluding tert-OH is 1. The summed E-state index contributed by atoms with van der Waals surface area (Å²) in [6.07, 6.45) is 2.77. The summed E-state index contributed by atoms with van der Waals surface area (Å²) in [5.41, 5.74) is 2.83. The SMILES string of the molecule is CC(C)=Cc1ccc2c(c1)N(S(=O)(=O)c1cc(C)cnc1OCCO)C[C@H](CCC(=O)O)O2. The molecule has 0 unspecified atom stereocenters. The Hall–Kier alpha value is -3.11. The van der Waals surface area contributed by atoms with Crippen LogP contribution in [0.5, 0.6) is 11.6 Å². The van der Waals surface area contributed by atoms with Crippen molar-refractivity contribution < 1.29 is 32.9 Å². The molecule has 1 aromatic carbocycles. The van der Waals surface area contributed by atoms with Crippen LogP contribution in [0.25, 0.3) is 6.08 Å². The van der Waals surface area contributed by atoms with E-state index >= 15 is 0 Å². The molecule has 0 spiro atoms. The maximum absolute atomic E-state index is 13.9. The third kappa shape index (κ3) is 5.82. The largest absolute Gasteiger partial charge is 0.486 e. The van der Waals surface area contributed by atoms with Crippen molar-refractivity contribution in [3.8, 4) is 11.6 Å². The van der Waals surface area contributed by atoms with Crippen LogP contribution in [-0.2, 0) is 14.8 Å². The lowest BCUT2D eigenvalue weighted by molar-refractivity contribution is -0.137. The van der Waals surface area contributed by atoms with E-state index in [9.17, 15) is 13.2 Å². The van der Waals surface area contributed by atoms with Gasteiger partial charge in [-0.2, -0.15) is 0 Å². The van der Waals surface area contributed by atoms with Crippen LogP contribution in [0.3, 0.4) is 0 Å². The number of aryl methyl sites for hydroxylation is 1. The van der Waals surface area contributed by atoms with Crippen molar-refractivity contribution >= 4 is 27.8 Å². The summed E-state index contributed by atoms with van der Waals surface area (Å²) in [7, 11) is -4.16. The Bertz CT molecular complexity index is 1160. The number of aliphatic carboxylic acids is 1. The summed E-state index contributed by atoms with van der Waals surface area (Å²) < 4.78 is 40.3. The number of aliphatic hydroxyl groups is 1. The molecule has 2 N–H and O–H groups in total. The molecule has 0 amide bonds. The fraction of sp³-hybridized carbons (Fsp3) is 0.391. The molecule has 2 aromatic rings. The Kier molecular flexibility index (Phi) is 7.60. The Morgan fingerprint density at radius 3 is 2.76 bits per heavy atom. The first kappa shape index (κ1) is 24.5. The highest BCUT2D eigenvalue weighted by molar-refractivity contribution is 7.93. The Morgan fingerprint density at radius 2 is 2.09 bits per heavy atom. The summed E-state index contributed by atoms with van der Waals surface area (Å²) >= 11 is 0. The number of carbonyl (C=O) groups is 1. The van der Waals surface area contributed by atoms with Crippen molar-refractivity contribution in [2.75, 3.05) is 24.1 Å². The van der Waals surface area contributed by atoms with Crippen LogP contribution in [0.4, 0.5) is 5.69 Å². The normalized spacial score (nSPS) is 15.4. The average Bonchev–Trinajstić information content (AvgIpc) is 2.75. The number of benzene rings is 1. The van der Waals surface area contributed by atoms with E-state index in [-0.39, 0.29) is 43.4 Å². The minimum Gasteiger partial charge on any atom is -0.486 e. The quantitative estimate of drug-likeness (QED) is 0.566. The topological polar surface area (TPSA) is 126 Å². The maximum atomic E-state index is 13.9. The first-order valence-electron chi connectivity index (χ1n) is 10.5. The van der Waals surface area contributed by atoms with Crippen LogP contribution >= 0.6 is 0 Å². The van der Waals surface area contributed by atoms with Gasteiger partial charge in [0, 0.05) is 12.6 Å². The molecule has 1 aliphatic rings. The van der Waals surface area contributed by atoms with Crippen molar-refractivity contribution in [3.05, 3.63) is 47.2 Å². The fourth-order valence-corrected chi connectivity index (χ4v) is 5.17. The molecule has 1 aliphatic heterocycles. The predicted molar refractivity (Wildman–Crippen MR) is 123 cm³/mol. The molecule has 1 atom stereocenters. The zero-order valence-corrected chi connectivity index (χ0v) is 19.6. The number of sulfonamides is 1. The van der Waals surface area contributed by atoms with Gasteiger partial charge < -0.3 is 19.7 Å². The van der Waals surface area contributed by atoms with E-state index in [1.165, 1.54) is 16.6 Å². The molecule has 0 saturated carbocycles. The van der Waals surface area contributed by atoms with Crippen LogP contribution in [-0.4, -0.2) is 55.4 Å². The molecule has 1 aromatic heterocycles. The van der Waals surface area contributed by atoms with E-state index in [1.54, 1.807) is 19.1 Å². The van der Waals surface area contributed by atoms with Gasteiger partial charge in [-0.3, -0.25) is 9.10 Å². The second-order valence-corrected chi connectivity index (χ2v) is 9.88. The van der Waals surface area contributed by atoms with E-state index in [2.05, 4.69) is 4.98 Å². The highest BCUT2D eigenvalue weighted by Crippen LogP contribution is 2.40. The molecule has 0 saturated heterocycles. The zero-order valence-electron chi connectivity index (χ0n) is 18.8. The molecule has 0 bridgehead atoms. The summed E-state index contributed by atoms with van der Waals surface area (Å²) in [6.45, 7) is 5.14. The molecule has 178 valence electrons. The lowest BCUT2D eigenvalue weighted by atomic mass is 10.1. The van der Waals surface area contributed by atoms with Gasteiger partial charge in [-0.1, -0.05) is 17.7 Å². The monoisotopic (exact) mass is 476 g/mol. The number of anilines is 1. The molecular formula is C23H28N2O7S. The first-order chi connectivity index (χ1) is 15.6. The Labute approximate surface area is 193 Å². The van der Waals surface area contributed by atoms with Gasteiger partial charge >= 0.3 is 5.97 Å². The highest BCUT2D eigenvalue weighted by Gasteiger charge is 2.37. The van der Waals surface area contributed by atoms with E-state index < -0.39 is 22.1 Å². The third-order valence-electron chi connectivity index (χ3n) is 4.90. The highest BCUT2D eigenvalue weighted by atomic mass is 32.2. The summed E-state index contributed by atoms with van der Waals surface area (Å²) in [5.74, 6) is -0.741. The standard InChI is InChI=1S/C23H28N2O7S/c1-15(2)10-17-4-6-20-19(12-17)25(14-18(32-20)5-7-22(27)28)33(29,30)21-11-16(3)13-24-23(21)31-9-8-26/h4,6,10-13,18,26H,5,7-9,14H2,1-3H3,(H,27,28)/t18-/m0/s1. The number of pyridine rings is 1. The van der Waals surface area contributed by atoms with E-state index in [1.807, 2.05) is 26.0 Å². The Morgan fingerprint density at radius 1 is 1.33 bits per heavy atom. The lowest BCUT2D eigenvalue weighted by Crippen LogP contribution is -2.44. The molecule has 0 radical (unpaired) electrons. The van der Waals surface area contributed by atoms with Crippen molar-refractivity contribution in [2.45, 2.75) is 44.6 Å². The molecule has 3 rings (SSSR count). The Balaban J connectivity index is 2.11. The number of rotatable bonds is 9. The minimum atomic E-state index is -4.16. The maximum Gasteiger partial charge on any atom is 0.303 e. The van der Waals surface area contributed by atoms with Gasteiger partial charge in [-0.05, 0) is 56.5 Å². The smallest absolute Gasteiger partial charge is 0.303 e. The molecule has 33 heavy (non-hydrogen) atoms. The third-order valence-corrected chi connectivity index (χ3v) is 6.68. The van der Waals surface area contributed by atoms with Gasteiger partial charge in [0.2, 0.25) is 5.88 Å². The summed E-state index contributed by atoms with van der Waals surface area (Å²) in [4.78, 5) is 15.1. The molecule has 2 heterocycles. The second-order valence-electron chi connectivity index (χ2n) is 8.05. The molecule has 10 heteroatoms. The number of carboxylic acid groups (broad SMARTS) is 1. The van der Waals surface area contributed by atoms with Crippen LogP contribution in [0, 0.1) is 6.92 Å². The van der Waals surface area contributed by atoms with Gasteiger partial charge in [0.25, 0.3) is 10.0 Å². The second kappa shape index (κ2) is 10.2. The molecule has 0 aliphatic carbocycles. The lowest BCUT2D eigenvalue weighted by Gasteiger charge is -2.35. The number of hydrogen-bond acceptors (Lipinski definition) is 7. The van der Waals surface area contributed by atoms with Crippen molar-refractivity contribution in [1.29, 1.82) is 0 Å². The van der Waals surface area contributed by atoms with E-state index in [0.29, 0.717) is 17.0 Å². The molecule has 9 nitrogen and oxygen atoms in total. The van der Waals surface area contributed by atoms with Gasteiger partial charge in [0.15, 0.2) is 0 Å². The van der Waals surface area contributed by atoms with Crippen LogP contribution < -0.4 is 13.8 Å². The van der Waals surface area contributed by atoms with Crippen molar-refractivity contribution in [3.63, 3.8) is 0 Å². The van der Waals surface area contributed by atoms with Crippen LogP contribution in [0.2, 0.25) is 0 Å². The van der Waals surface area contributed by atoms with Crippen molar-refractivity contribution in [2.24, 2.45) is 0 Å². The zero-order chi connectivity index (χ0) is 24.2. The number of fused-ring (bicyclic) bond motifs is 1. The number of nitrogens with zero attached hydrogens (tertiary/aromatic N) is 2. The average molecular weight is 477 g/mol. The summed E-state index contributed by atoms with van der Waals surface area (Å²) in [5, 5.41) is 18.2. The van der Waals surface area contributed by atoms with E-state index in [4.69, 9.17) is 19.7 Å². The number of carboxylic acids is 1. The van der Waals surface area contributed by atoms with Crippen LogP contribution in [0.1, 0.15) is 37.8 Å². The van der Waals surface area contributed by atoms with Gasteiger partial charge in [0.05, 0.1) is 18.8 Å². The number of hydrogen-bond donors (Lipinski definition) is 2. The number of ether oxygens (including phenoxy) is 2. The molecule has 0 fully saturated rings. The first-order valence-corrected chi connectivity index (χ1v) is 12.0. The van der Waals surface area contributed by atoms with Gasteiger partial charge in [0.1, 0.15) is 23.4 Å². The number of aromatic nitrogens is 1. The van der Waals surface area contributed by atoms with Crippen molar-refractivity contribution in [1.82, 2.24) is 4.98 Å². The predicted octanol–water partition coefficient (Wildman–Crippen LogP) is 3.01. The molecular weight excluding hydrogens is 448 g/mol. The van der Waals surface area contributed by atoms with Gasteiger partial charge in [-0.25, -0.2) is 13.4 Å². The summed E-state index contributed by atoms with van der Waals surface area (Å²) in [6, 6.07) is 6.71. The minimum absolute atomic E-state index is 0.0612. The van der Waals surface area contributed by atoms with Gasteiger partial charge in [-0.15, -0.1) is 0 Å². The van der Waals surface area contributed by atoms with E-state index in [0.717, 1.165) is 11.1 Å². The fourth-order valence-electron chi connectivity index (χ4n) is 3.50. The van der Waals surface area contributed by atoms with Crippen LogP contribution in [0.15, 0.2) is 40.9 Å². The number of allylic oxidation sites excluding steroid dienone is 1.